The smallest absolute Gasteiger partial charge is 0.222 e. The Kier molecular flexibility index (Phi) is 3.68. The van der Waals surface area contributed by atoms with E-state index in [-0.39, 0.29) is 5.95 Å². The molecular formula is C17H18N8O. The monoisotopic (exact) mass is 350 g/mol. The van der Waals surface area contributed by atoms with Crippen molar-refractivity contribution in [3.8, 4) is 17.3 Å². The number of hydrogen-bond donors (Lipinski definition) is 3. The fourth-order valence-electron chi connectivity index (χ4n) is 2.81. The number of aromatic amines is 1. The number of H-pyrrole nitrogens is 1. The molecule has 9 heteroatoms. The molecule has 0 bridgehead atoms. The SMILES string of the molecule is COc1ccc(-c2nc(N)nc3c2nnn3Cc2ccc(N)c(C)c2)[nH]1. The third kappa shape index (κ3) is 2.69. The molecule has 4 aromatic rings. The molecule has 5 N–H and O–H groups in total. The number of rotatable bonds is 4. The summed E-state index contributed by atoms with van der Waals surface area (Å²) in [6.07, 6.45) is 0. The van der Waals surface area contributed by atoms with Gasteiger partial charge in [-0.15, -0.1) is 5.10 Å². The summed E-state index contributed by atoms with van der Waals surface area (Å²) >= 11 is 0. The molecule has 0 unspecified atom stereocenters. The van der Waals surface area contributed by atoms with Gasteiger partial charge in [-0.1, -0.05) is 17.3 Å². The molecular weight excluding hydrogens is 332 g/mol. The van der Waals surface area contributed by atoms with Crippen LogP contribution in [-0.2, 0) is 6.54 Å². The van der Waals surface area contributed by atoms with Gasteiger partial charge in [-0.25, -0.2) is 9.67 Å². The molecule has 0 aliphatic rings. The maximum absolute atomic E-state index is 5.91. The summed E-state index contributed by atoms with van der Waals surface area (Å²) in [6.45, 7) is 2.47. The van der Waals surface area contributed by atoms with Gasteiger partial charge in [-0.05, 0) is 30.2 Å². The molecule has 0 atom stereocenters. The molecule has 0 fully saturated rings. The maximum atomic E-state index is 5.91. The summed E-state index contributed by atoms with van der Waals surface area (Å²) in [5, 5.41) is 8.48. The Morgan fingerprint density at radius 2 is 2.00 bits per heavy atom. The predicted octanol–water partition coefficient (Wildman–Crippen LogP) is 1.75. The largest absolute Gasteiger partial charge is 0.482 e. The van der Waals surface area contributed by atoms with Crippen molar-refractivity contribution in [2.75, 3.05) is 18.6 Å². The van der Waals surface area contributed by atoms with Crippen LogP contribution in [-0.4, -0.2) is 37.1 Å². The number of nitrogens with zero attached hydrogens (tertiary/aromatic N) is 5. The minimum Gasteiger partial charge on any atom is -0.482 e. The molecule has 4 rings (SSSR count). The molecule has 0 spiro atoms. The van der Waals surface area contributed by atoms with Crippen molar-refractivity contribution in [2.45, 2.75) is 13.5 Å². The van der Waals surface area contributed by atoms with Crippen LogP contribution in [0.15, 0.2) is 30.3 Å². The van der Waals surface area contributed by atoms with Crippen LogP contribution in [0, 0.1) is 6.92 Å². The van der Waals surface area contributed by atoms with E-state index in [1.165, 1.54) is 0 Å². The minimum atomic E-state index is 0.151. The highest BCUT2D eigenvalue weighted by Gasteiger charge is 2.17. The molecule has 0 saturated heterocycles. The molecule has 0 aliphatic heterocycles. The predicted molar refractivity (Wildman–Crippen MR) is 98.6 cm³/mol. The van der Waals surface area contributed by atoms with Crippen LogP contribution < -0.4 is 16.2 Å². The topological polar surface area (TPSA) is 134 Å². The fourth-order valence-corrected chi connectivity index (χ4v) is 2.81. The normalized spacial score (nSPS) is 11.2. The highest BCUT2D eigenvalue weighted by molar-refractivity contribution is 5.86. The second-order valence-electron chi connectivity index (χ2n) is 5.98. The van der Waals surface area contributed by atoms with E-state index in [4.69, 9.17) is 16.2 Å². The highest BCUT2D eigenvalue weighted by Crippen LogP contribution is 2.26. The van der Waals surface area contributed by atoms with Gasteiger partial charge in [0.05, 0.1) is 19.3 Å². The number of hydrogen-bond acceptors (Lipinski definition) is 7. The van der Waals surface area contributed by atoms with Gasteiger partial charge >= 0.3 is 0 Å². The van der Waals surface area contributed by atoms with Crippen LogP contribution in [0.2, 0.25) is 0 Å². The van der Waals surface area contributed by atoms with Crippen LogP contribution in [0.5, 0.6) is 5.88 Å². The first-order valence-electron chi connectivity index (χ1n) is 8.00. The quantitative estimate of drug-likeness (QED) is 0.477. The number of aryl methyl sites for hydroxylation is 1. The zero-order chi connectivity index (χ0) is 18.3. The van der Waals surface area contributed by atoms with Crippen molar-refractivity contribution >= 4 is 22.8 Å². The fraction of sp³-hybridized carbons (Fsp3) is 0.176. The summed E-state index contributed by atoms with van der Waals surface area (Å²) in [7, 11) is 1.59. The number of fused-ring (bicyclic) bond motifs is 1. The average Bonchev–Trinajstić information content (AvgIpc) is 3.25. The molecule has 132 valence electrons. The number of nitrogens with one attached hydrogen (secondary N) is 1. The van der Waals surface area contributed by atoms with Gasteiger partial charge < -0.3 is 21.2 Å². The van der Waals surface area contributed by atoms with Gasteiger partial charge in [-0.3, -0.25) is 0 Å². The van der Waals surface area contributed by atoms with Gasteiger partial charge in [-0.2, -0.15) is 4.98 Å². The molecule has 0 aliphatic carbocycles. The van der Waals surface area contributed by atoms with Crippen molar-refractivity contribution < 1.29 is 4.74 Å². The first kappa shape index (κ1) is 15.9. The maximum Gasteiger partial charge on any atom is 0.222 e. The molecule has 3 aromatic heterocycles. The van der Waals surface area contributed by atoms with Gasteiger partial charge in [0.2, 0.25) is 5.95 Å². The first-order chi connectivity index (χ1) is 12.5. The second-order valence-corrected chi connectivity index (χ2v) is 5.98. The first-order valence-corrected chi connectivity index (χ1v) is 8.00. The Balaban J connectivity index is 1.79. The summed E-state index contributed by atoms with van der Waals surface area (Å²) < 4.78 is 6.88. The third-order valence-electron chi connectivity index (χ3n) is 4.18. The number of methoxy groups -OCH3 is 1. The Hall–Kier alpha value is -3.62. The van der Waals surface area contributed by atoms with E-state index in [1.807, 2.05) is 31.2 Å². The number of aromatic nitrogens is 6. The standard InChI is InChI=1S/C17H18N8O/c1-9-7-10(3-4-11(9)18)8-25-16-15(23-24-25)14(21-17(19)22-16)12-5-6-13(20-12)26-2/h3-7,20H,8,18H2,1-2H3,(H2,19,21,22). The van der Waals surface area contributed by atoms with E-state index in [9.17, 15) is 0 Å². The number of ether oxygens (including phenoxy) is 1. The Labute approximate surface area is 149 Å². The van der Waals surface area contributed by atoms with Crippen molar-refractivity contribution in [1.82, 2.24) is 29.9 Å². The summed E-state index contributed by atoms with van der Waals surface area (Å²) in [5.74, 6) is 0.771. The van der Waals surface area contributed by atoms with E-state index in [1.54, 1.807) is 17.9 Å². The van der Waals surface area contributed by atoms with Crippen LogP contribution >= 0.6 is 0 Å². The lowest BCUT2D eigenvalue weighted by atomic mass is 10.1. The molecule has 26 heavy (non-hydrogen) atoms. The van der Waals surface area contributed by atoms with Crippen molar-refractivity contribution in [3.05, 3.63) is 41.5 Å². The van der Waals surface area contributed by atoms with Crippen LogP contribution in [0.4, 0.5) is 11.6 Å². The molecule has 0 radical (unpaired) electrons. The van der Waals surface area contributed by atoms with E-state index in [0.29, 0.717) is 29.3 Å². The minimum absolute atomic E-state index is 0.151. The lowest BCUT2D eigenvalue weighted by Crippen LogP contribution is -2.05. The van der Waals surface area contributed by atoms with Gasteiger partial charge in [0, 0.05) is 11.8 Å². The second kappa shape index (κ2) is 6.03. The van der Waals surface area contributed by atoms with Crippen molar-refractivity contribution in [1.29, 1.82) is 0 Å². The van der Waals surface area contributed by atoms with Crippen LogP contribution in [0.25, 0.3) is 22.6 Å². The summed E-state index contributed by atoms with van der Waals surface area (Å²) in [4.78, 5) is 11.7. The molecule has 9 nitrogen and oxygen atoms in total. The van der Waals surface area contributed by atoms with Gasteiger partial charge in [0.25, 0.3) is 0 Å². The Bertz CT molecular complexity index is 1100. The molecule has 1 aromatic carbocycles. The summed E-state index contributed by atoms with van der Waals surface area (Å²) in [5.41, 5.74) is 17.1. The van der Waals surface area contributed by atoms with E-state index >= 15 is 0 Å². The zero-order valence-corrected chi connectivity index (χ0v) is 14.4. The highest BCUT2D eigenvalue weighted by atomic mass is 16.5. The van der Waals surface area contributed by atoms with Crippen LogP contribution in [0.3, 0.4) is 0 Å². The van der Waals surface area contributed by atoms with Crippen molar-refractivity contribution in [3.63, 3.8) is 0 Å². The number of benzene rings is 1. The number of nitrogens with two attached hydrogens (primary N) is 2. The molecule has 0 amide bonds. The Morgan fingerprint density at radius 1 is 1.15 bits per heavy atom. The van der Waals surface area contributed by atoms with E-state index in [0.717, 1.165) is 22.5 Å². The van der Waals surface area contributed by atoms with Gasteiger partial charge in [0.15, 0.2) is 17.0 Å². The lowest BCUT2D eigenvalue weighted by molar-refractivity contribution is 0.401. The molecule has 3 heterocycles. The average molecular weight is 350 g/mol. The Morgan fingerprint density at radius 3 is 2.73 bits per heavy atom. The zero-order valence-electron chi connectivity index (χ0n) is 14.4. The molecule has 0 saturated carbocycles. The summed E-state index contributed by atoms with van der Waals surface area (Å²) in [6, 6.07) is 9.51. The lowest BCUT2D eigenvalue weighted by Gasteiger charge is -2.06. The third-order valence-corrected chi connectivity index (χ3v) is 4.18. The van der Waals surface area contributed by atoms with Gasteiger partial charge in [0.1, 0.15) is 5.69 Å². The van der Waals surface area contributed by atoms with E-state index in [2.05, 4.69) is 25.3 Å². The van der Waals surface area contributed by atoms with E-state index < -0.39 is 0 Å². The number of nitrogen functional groups attached to an aromatic ring is 2. The van der Waals surface area contributed by atoms with Crippen molar-refractivity contribution in [2.24, 2.45) is 0 Å². The number of anilines is 2. The van der Waals surface area contributed by atoms with Crippen LogP contribution in [0.1, 0.15) is 11.1 Å².